The van der Waals surface area contributed by atoms with Gasteiger partial charge in [0.05, 0.1) is 34.2 Å². The third-order valence-electron chi connectivity index (χ3n) is 3.89. The molecule has 0 amide bonds. The fraction of sp³-hybridized carbons (Fsp3) is 0.0952. The van der Waals surface area contributed by atoms with Gasteiger partial charge in [-0.15, -0.1) is 0 Å². The fourth-order valence-corrected chi connectivity index (χ4v) is 4.73. The summed E-state index contributed by atoms with van der Waals surface area (Å²) in [4.78, 5) is 14.2. The van der Waals surface area contributed by atoms with Crippen LogP contribution in [-0.2, 0) is 17.1 Å². The van der Waals surface area contributed by atoms with Crippen molar-refractivity contribution in [3.63, 3.8) is 0 Å². The summed E-state index contributed by atoms with van der Waals surface area (Å²) < 4.78 is 3.86. The smallest absolute Gasteiger partial charge is 0.0849 e. The second kappa shape index (κ2) is 11.1. The summed E-state index contributed by atoms with van der Waals surface area (Å²) in [6.45, 7) is 3.91. The average molecular weight is 685 g/mol. The molecule has 29 heavy (non-hydrogen) atoms. The molecule has 3 nitrogen and oxygen atoms in total. The molecule has 0 bridgehead atoms. The van der Waals surface area contributed by atoms with Crippen molar-refractivity contribution in [3.05, 3.63) is 83.9 Å². The summed E-state index contributed by atoms with van der Waals surface area (Å²) >= 11 is 14.0. The number of pyridine rings is 1. The first-order valence-electron chi connectivity index (χ1n) is 8.32. The molecule has 0 aliphatic rings. The van der Waals surface area contributed by atoms with E-state index in [-0.39, 0.29) is 17.1 Å². The average Bonchev–Trinajstić information content (AvgIpc) is 2.66. The van der Waals surface area contributed by atoms with Crippen molar-refractivity contribution in [2.24, 2.45) is 9.98 Å². The normalized spacial score (nSPS) is 11.9. The van der Waals surface area contributed by atoms with E-state index in [0.717, 1.165) is 52.1 Å². The van der Waals surface area contributed by atoms with Crippen molar-refractivity contribution in [3.8, 4) is 0 Å². The number of nitrogens with zero attached hydrogens (tertiary/aromatic N) is 3. The van der Waals surface area contributed by atoms with Crippen LogP contribution in [0.4, 0.5) is 11.4 Å². The molecule has 0 aliphatic heterocycles. The number of benzene rings is 2. The Kier molecular flexibility index (Phi) is 9.45. The van der Waals surface area contributed by atoms with E-state index in [1.54, 1.807) is 0 Å². The second-order valence-corrected chi connectivity index (χ2v) is 9.53. The van der Waals surface area contributed by atoms with Crippen molar-refractivity contribution in [2.45, 2.75) is 13.8 Å². The number of hydrogen-bond donors (Lipinski definition) is 0. The number of halogens is 4. The molecule has 0 saturated heterocycles. The minimum absolute atomic E-state index is 0. The molecule has 3 aromatic rings. The van der Waals surface area contributed by atoms with E-state index in [4.69, 9.17) is 15.0 Å². The molecule has 150 valence electrons. The molecule has 0 radical (unpaired) electrons. The molecule has 3 rings (SSSR count). The minimum Gasteiger partial charge on any atom is -0.250 e. The van der Waals surface area contributed by atoms with Crippen LogP contribution in [0.5, 0.6) is 0 Å². The predicted octanol–water partition coefficient (Wildman–Crippen LogP) is 8.41. The first-order chi connectivity index (χ1) is 13.3. The van der Waals surface area contributed by atoms with E-state index >= 15 is 0 Å². The summed E-state index contributed by atoms with van der Waals surface area (Å²) in [5.41, 5.74) is 5.02. The molecule has 0 saturated carbocycles. The SMILES string of the molecule is CC(=Nc1ccc(Br)cc1Br)c1cccc(C(C)=Nc2ccc(Br)cc2Br)n1.[Fe]. The van der Waals surface area contributed by atoms with E-state index in [1.807, 2.05) is 68.4 Å². The van der Waals surface area contributed by atoms with E-state index in [2.05, 4.69) is 63.7 Å². The second-order valence-electron chi connectivity index (χ2n) is 5.99. The molecule has 0 fully saturated rings. The molecule has 0 aliphatic carbocycles. The van der Waals surface area contributed by atoms with Crippen LogP contribution in [0.3, 0.4) is 0 Å². The standard InChI is InChI=1S/C21H15Br4N3.Fe/c1-12(26-20-8-6-14(22)10-16(20)24)18-4-3-5-19(28-18)13(2)27-21-9-7-15(23)11-17(21)25;/h3-11H,1-2H3;. The fourth-order valence-electron chi connectivity index (χ4n) is 2.46. The maximum absolute atomic E-state index is 4.75. The van der Waals surface area contributed by atoms with Gasteiger partial charge in [0.2, 0.25) is 0 Å². The van der Waals surface area contributed by atoms with Crippen molar-refractivity contribution in [2.75, 3.05) is 0 Å². The topological polar surface area (TPSA) is 37.6 Å². The van der Waals surface area contributed by atoms with Crippen molar-refractivity contribution < 1.29 is 17.1 Å². The Morgan fingerprint density at radius 3 is 1.48 bits per heavy atom. The van der Waals surface area contributed by atoms with Crippen LogP contribution in [0.25, 0.3) is 0 Å². The van der Waals surface area contributed by atoms with Crippen LogP contribution < -0.4 is 0 Å². The first-order valence-corrected chi connectivity index (χ1v) is 11.5. The Labute approximate surface area is 214 Å². The molecule has 1 aromatic heterocycles. The van der Waals surface area contributed by atoms with E-state index < -0.39 is 0 Å². The monoisotopic (exact) mass is 681 g/mol. The van der Waals surface area contributed by atoms with Crippen LogP contribution in [0.2, 0.25) is 0 Å². The van der Waals surface area contributed by atoms with E-state index in [0.29, 0.717) is 0 Å². The number of aromatic nitrogens is 1. The van der Waals surface area contributed by atoms with Crippen LogP contribution >= 0.6 is 63.7 Å². The molecule has 0 spiro atoms. The van der Waals surface area contributed by atoms with Gasteiger partial charge in [0.1, 0.15) is 0 Å². The summed E-state index contributed by atoms with van der Waals surface area (Å²) in [7, 11) is 0. The van der Waals surface area contributed by atoms with Gasteiger partial charge in [0.25, 0.3) is 0 Å². The Morgan fingerprint density at radius 1 is 0.690 bits per heavy atom. The predicted molar refractivity (Wildman–Crippen MR) is 132 cm³/mol. The first kappa shape index (κ1) is 24.6. The zero-order valence-corrected chi connectivity index (χ0v) is 22.9. The molecule has 8 heteroatoms. The molecule has 0 N–H and O–H groups in total. The Bertz CT molecular complexity index is 1010. The molecule has 0 unspecified atom stereocenters. The molecule has 1 heterocycles. The van der Waals surface area contributed by atoms with Crippen LogP contribution in [0.15, 0.2) is 82.5 Å². The summed E-state index contributed by atoms with van der Waals surface area (Å²) in [5.74, 6) is 0. The van der Waals surface area contributed by atoms with Crippen molar-refractivity contribution in [1.82, 2.24) is 4.98 Å². The Morgan fingerprint density at radius 2 is 1.10 bits per heavy atom. The third kappa shape index (κ3) is 6.68. The number of rotatable bonds is 4. The van der Waals surface area contributed by atoms with Crippen molar-refractivity contribution in [1.29, 1.82) is 0 Å². The largest absolute Gasteiger partial charge is 0.250 e. The van der Waals surface area contributed by atoms with Gasteiger partial charge in [0, 0.05) is 35.0 Å². The van der Waals surface area contributed by atoms with Gasteiger partial charge in [-0.1, -0.05) is 37.9 Å². The molecule has 0 atom stereocenters. The van der Waals surface area contributed by atoms with Gasteiger partial charge in [-0.05, 0) is 94.2 Å². The van der Waals surface area contributed by atoms with Crippen molar-refractivity contribution >= 4 is 86.5 Å². The number of aliphatic imine (C=N–C) groups is 2. The van der Waals surface area contributed by atoms with Gasteiger partial charge < -0.3 is 0 Å². The third-order valence-corrected chi connectivity index (χ3v) is 6.14. The van der Waals surface area contributed by atoms with E-state index in [9.17, 15) is 0 Å². The molecular formula is C21H15Br4FeN3. The van der Waals surface area contributed by atoms with Gasteiger partial charge in [0.15, 0.2) is 0 Å². The molecular weight excluding hydrogens is 670 g/mol. The Balaban J connectivity index is 0.00000300. The van der Waals surface area contributed by atoms with Gasteiger partial charge >= 0.3 is 0 Å². The maximum atomic E-state index is 4.75. The summed E-state index contributed by atoms with van der Waals surface area (Å²) in [5, 5.41) is 0. The zero-order valence-electron chi connectivity index (χ0n) is 15.4. The van der Waals surface area contributed by atoms with Crippen LogP contribution in [0.1, 0.15) is 25.2 Å². The van der Waals surface area contributed by atoms with Crippen LogP contribution in [0, 0.1) is 0 Å². The van der Waals surface area contributed by atoms with Gasteiger partial charge in [-0.3, -0.25) is 9.98 Å². The minimum atomic E-state index is 0. The van der Waals surface area contributed by atoms with E-state index in [1.165, 1.54) is 0 Å². The molecule has 2 aromatic carbocycles. The quantitative estimate of drug-likeness (QED) is 0.201. The van der Waals surface area contributed by atoms with Gasteiger partial charge in [-0.25, -0.2) is 4.98 Å². The van der Waals surface area contributed by atoms with Gasteiger partial charge in [-0.2, -0.15) is 0 Å². The maximum Gasteiger partial charge on any atom is 0.0849 e. The number of hydrogen-bond acceptors (Lipinski definition) is 3. The van der Waals surface area contributed by atoms with Crippen LogP contribution in [-0.4, -0.2) is 16.4 Å². The summed E-state index contributed by atoms with van der Waals surface area (Å²) in [6, 6.07) is 17.7. The summed E-state index contributed by atoms with van der Waals surface area (Å²) in [6.07, 6.45) is 0. The Hall–Kier alpha value is -0.631. The zero-order chi connectivity index (χ0) is 20.3.